The zero-order valence-corrected chi connectivity index (χ0v) is 16.2. The molecule has 0 saturated heterocycles. The van der Waals surface area contributed by atoms with Gasteiger partial charge < -0.3 is 26.0 Å². The molecule has 0 bridgehead atoms. The van der Waals surface area contributed by atoms with E-state index >= 15 is 0 Å². The van der Waals surface area contributed by atoms with Crippen LogP contribution in [0.25, 0.3) is 0 Å². The van der Waals surface area contributed by atoms with Crippen molar-refractivity contribution in [1.29, 1.82) is 0 Å². The molecule has 1 atom stereocenters. The molecular formula is C16H25N5O4S. The van der Waals surface area contributed by atoms with E-state index in [2.05, 4.69) is 25.8 Å². The van der Waals surface area contributed by atoms with E-state index in [1.165, 1.54) is 11.3 Å². The molecule has 0 aliphatic carbocycles. The first kappa shape index (κ1) is 20.1. The molecule has 9 nitrogen and oxygen atoms in total. The lowest BCUT2D eigenvalue weighted by Gasteiger charge is -2.25. The molecule has 10 heteroatoms. The van der Waals surface area contributed by atoms with Crippen molar-refractivity contribution in [2.75, 3.05) is 20.1 Å². The Balaban J connectivity index is 2.09. The highest BCUT2D eigenvalue weighted by Crippen LogP contribution is 2.24. The first-order valence-electron chi connectivity index (χ1n) is 8.32. The van der Waals surface area contributed by atoms with E-state index in [-0.39, 0.29) is 11.6 Å². The number of likely N-dealkylation sites (N-methyl/N-ethyl adjacent to an activating group) is 1. The average molecular weight is 383 g/mol. The molecule has 0 spiro atoms. The van der Waals surface area contributed by atoms with Gasteiger partial charge >= 0.3 is 6.09 Å². The highest BCUT2D eigenvalue weighted by atomic mass is 32.1. The van der Waals surface area contributed by atoms with Crippen molar-refractivity contribution in [2.45, 2.75) is 45.3 Å². The van der Waals surface area contributed by atoms with Crippen LogP contribution in [-0.4, -0.2) is 64.6 Å². The fraction of sp³-hybridized carbons (Fsp3) is 0.625. The van der Waals surface area contributed by atoms with Gasteiger partial charge in [-0.25, -0.2) is 9.78 Å². The topological polar surface area (TPSA) is 124 Å². The van der Waals surface area contributed by atoms with Gasteiger partial charge in [-0.3, -0.25) is 9.59 Å². The molecule has 1 aromatic heterocycles. The van der Waals surface area contributed by atoms with Crippen molar-refractivity contribution in [3.8, 4) is 0 Å². The maximum absolute atomic E-state index is 12.5. The van der Waals surface area contributed by atoms with E-state index in [1.807, 2.05) is 7.05 Å². The quantitative estimate of drug-likeness (QED) is 0.584. The van der Waals surface area contributed by atoms with E-state index in [0.29, 0.717) is 0 Å². The normalized spacial score (nSPS) is 15.7. The number of carbonyl (C=O) groups is 3. The fourth-order valence-electron chi connectivity index (χ4n) is 2.50. The molecule has 1 aromatic rings. The Kier molecular flexibility index (Phi) is 6.19. The van der Waals surface area contributed by atoms with Gasteiger partial charge in [0.25, 0.3) is 5.91 Å². The van der Waals surface area contributed by atoms with Gasteiger partial charge in [0, 0.05) is 29.9 Å². The maximum Gasteiger partial charge on any atom is 0.404 e. The summed E-state index contributed by atoms with van der Waals surface area (Å²) in [6.45, 7) is 6.82. The van der Waals surface area contributed by atoms with Crippen LogP contribution < -0.4 is 16.0 Å². The second-order valence-electron chi connectivity index (χ2n) is 7.33. The summed E-state index contributed by atoms with van der Waals surface area (Å²) in [4.78, 5) is 43.3. The van der Waals surface area contributed by atoms with Crippen molar-refractivity contribution >= 4 is 29.2 Å². The smallest absolute Gasteiger partial charge is 0.404 e. The monoisotopic (exact) mass is 383 g/mol. The molecule has 3 amide bonds. The van der Waals surface area contributed by atoms with Crippen LogP contribution >= 0.6 is 11.3 Å². The molecule has 0 saturated carbocycles. The summed E-state index contributed by atoms with van der Waals surface area (Å²) in [5.41, 5.74) is 0.409. The van der Waals surface area contributed by atoms with Crippen LogP contribution in [0.5, 0.6) is 0 Å². The van der Waals surface area contributed by atoms with Crippen molar-refractivity contribution in [3.63, 3.8) is 0 Å². The predicted molar refractivity (Wildman–Crippen MR) is 97.3 cm³/mol. The minimum atomic E-state index is -1.26. The highest BCUT2D eigenvalue weighted by Gasteiger charge is 2.28. The average Bonchev–Trinajstić information content (AvgIpc) is 2.92. The number of nitrogens with one attached hydrogen (secondary N) is 3. The van der Waals surface area contributed by atoms with Crippen LogP contribution in [0.4, 0.5) is 4.79 Å². The van der Waals surface area contributed by atoms with Gasteiger partial charge in [-0.2, -0.15) is 0 Å². The van der Waals surface area contributed by atoms with Crippen molar-refractivity contribution in [2.24, 2.45) is 0 Å². The number of hydrogen-bond acceptors (Lipinski definition) is 6. The van der Waals surface area contributed by atoms with Gasteiger partial charge in [-0.15, -0.1) is 11.3 Å². The summed E-state index contributed by atoms with van der Waals surface area (Å²) in [6, 6.07) is -1.03. The fourth-order valence-corrected chi connectivity index (χ4v) is 3.59. The van der Waals surface area contributed by atoms with Crippen LogP contribution in [0.1, 0.15) is 41.1 Å². The van der Waals surface area contributed by atoms with E-state index in [1.54, 1.807) is 20.8 Å². The molecule has 144 valence electrons. The van der Waals surface area contributed by atoms with Crippen molar-refractivity contribution in [1.82, 2.24) is 25.8 Å². The molecule has 0 aromatic carbocycles. The van der Waals surface area contributed by atoms with Crippen LogP contribution in [0, 0.1) is 0 Å². The van der Waals surface area contributed by atoms with E-state index < -0.39 is 29.5 Å². The molecular weight excluding hydrogens is 358 g/mol. The van der Waals surface area contributed by atoms with Crippen LogP contribution in [-0.2, 0) is 17.8 Å². The second kappa shape index (κ2) is 8.00. The summed E-state index contributed by atoms with van der Waals surface area (Å²) in [5, 5.41) is 16.6. The Bertz CT molecular complexity index is 697. The summed E-state index contributed by atoms with van der Waals surface area (Å²) in [6.07, 6.45) is -0.482. The number of fused-ring (bicyclic) bond motifs is 1. The van der Waals surface area contributed by atoms with E-state index in [9.17, 15) is 14.4 Å². The molecule has 2 heterocycles. The number of carbonyl (C=O) groups excluding carboxylic acids is 2. The molecule has 1 unspecified atom stereocenters. The Labute approximate surface area is 156 Å². The molecule has 4 N–H and O–H groups in total. The van der Waals surface area contributed by atoms with Gasteiger partial charge in [-0.05, 0) is 27.8 Å². The van der Waals surface area contributed by atoms with Crippen molar-refractivity contribution in [3.05, 3.63) is 15.6 Å². The van der Waals surface area contributed by atoms with Gasteiger partial charge in [-0.1, -0.05) is 0 Å². The van der Waals surface area contributed by atoms with Gasteiger partial charge in [0.1, 0.15) is 6.04 Å². The Morgan fingerprint density at radius 3 is 2.65 bits per heavy atom. The van der Waals surface area contributed by atoms with Crippen LogP contribution in [0.3, 0.4) is 0 Å². The largest absolute Gasteiger partial charge is 0.465 e. The van der Waals surface area contributed by atoms with E-state index in [4.69, 9.17) is 5.11 Å². The molecule has 0 radical (unpaired) electrons. The lowest BCUT2D eigenvalue weighted by molar-refractivity contribution is -0.124. The number of aromatic nitrogens is 1. The minimum Gasteiger partial charge on any atom is -0.465 e. The molecule has 0 fully saturated rings. The Hall–Kier alpha value is -2.20. The number of carboxylic acid groups (broad SMARTS) is 1. The maximum atomic E-state index is 12.5. The van der Waals surface area contributed by atoms with Crippen LogP contribution in [0.2, 0.25) is 0 Å². The summed E-state index contributed by atoms with van der Waals surface area (Å²) in [5.74, 6) is -0.936. The van der Waals surface area contributed by atoms with Crippen LogP contribution in [0.15, 0.2) is 0 Å². The Morgan fingerprint density at radius 1 is 1.35 bits per heavy atom. The number of thiazole rings is 1. The Morgan fingerprint density at radius 2 is 2.04 bits per heavy atom. The molecule has 2 rings (SSSR count). The number of nitrogens with zero attached hydrogens (tertiary/aromatic N) is 2. The first-order valence-corrected chi connectivity index (χ1v) is 9.13. The molecule has 1 aliphatic heterocycles. The zero-order valence-electron chi connectivity index (χ0n) is 15.4. The highest BCUT2D eigenvalue weighted by molar-refractivity contribution is 7.13. The third-order valence-electron chi connectivity index (χ3n) is 3.69. The standard InChI is InChI=1S/C16H25N5O4S/c1-16(2,3)20-12(22)10(7-17-15(24)25)18-13(23)14-19-9-5-6-21(4)8-11(9)26-14/h10,17H,5-8H2,1-4H3,(H,18,23)(H,20,22)(H,24,25). The zero-order chi connectivity index (χ0) is 19.5. The van der Waals surface area contributed by atoms with Crippen molar-refractivity contribution < 1.29 is 19.5 Å². The predicted octanol–water partition coefficient (Wildman–Crippen LogP) is 0.412. The third kappa shape index (κ3) is 5.67. The van der Waals surface area contributed by atoms with E-state index in [0.717, 1.165) is 30.1 Å². The van der Waals surface area contributed by atoms with Gasteiger partial charge in [0.15, 0.2) is 5.01 Å². The second-order valence-corrected chi connectivity index (χ2v) is 8.41. The summed E-state index contributed by atoms with van der Waals surface area (Å²) >= 11 is 1.31. The first-order chi connectivity index (χ1) is 12.0. The van der Waals surface area contributed by atoms with Gasteiger partial charge in [0.2, 0.25) is 5.91 Å². The third-order valence-corrected chi connectivity index (χ3v) is 4.77. The molecule has 26 heavy (non-hydrogen) atoms. The summed E-state index contributed by atoms with van der Waals surface area (Å²) < 4.78 is 0. The number of amides is 3. The lowest BCUT2D eigenvalue weighted by atomic mass is 10.1. The van der Waals surface area contributed by atoms with Gasteiger partial charge in [0.05, 0.1) is 12.2 Å². The lowest BCUT2D eigenvalue weighted by Crippen LogP contribution is -2.56. The minimum absolute atomic E-state index is 0.225. The molecule has 1 aliphatic rings. The summed E-state index contributed by atoms with van der Waals surface area (Å²) in [7, 11) is 2.01. The number of rotatable bonds is 5. The SMILES string of the molecule is CN1CCc2nc(C(=O)NC(CNC(=O)O)C(=O)NC(C)(C)C)sc2C1. The number of hydrogen-bond donors (Lipinski definition) is 4.